The van der Waals surface area contributed by atoms with Crippen LogP contribution in [0.2, 0.25) is 0 Å². The molecule has 1 saturated heterocycles. The van der Waals surface area contributed by atoms with Crippen molar-refractivity contribution < 1.29 is 10.0 Å². The minimum atomic E-state index is -0.0338. The molecule has 0 aromatic heterocycles. The highest BCUT2D eigenvalue weighted by molar-refractivity contribution is 7.98. The lowest BCUT2D eigenvalue weighted by Crippen LogP contribution is -2.55. The third kappa shape index (κ3) is 4.58. The molecule has 0 aromatic carbocycles. The van der Waals surface area contributed by atoms with Gasteiger partial charge in [-0.25, -0.2) is 0 Å². The molecule has 0 saturated carbocycles. The van der Waals surface area contributed by atoms with Crippen molar-refractivity contribution >= 4 is 23.5 Å². The number of carbonyl (C=O) groups is 1. The van der Waals surface area contributed by atoms with Crippen molar-refractivity contribution in [1.82, 2.24) is 9.80 Å². The lowest BCUT2D eigenvalue weighted by Gasteiger charge is -2.38. The van der Waals surface area contributed by atoms with Crippen LogP contribution in [0.15, 0.2) is 5.16 Å². The van der Waals surface area contributed by atoms with Crippen LogP contribution in [-0.2, 0) is 4.79 Å². The van der Waals surface area contributed by atoms with Crippen LogP contribution in [0.4, 0.5) is 0 Å². The normalized spacial score (nSPS) is 19.5. The second kappa shape index (κ2) is 8.27. The molecule has 1 atom stereocenters. The predicted molar refractivity (Wildman–Crippen MR) is 78.6 cm³/mol. The Bertz CT molecular complexity index is 317. The quantitative estimate of drug-likeness (QED) is 0.320. The number of nitrogens with two attached hydrogens (primary N) is 1. The Labute approximate surface area is 119 Å². The zero-order valence-electron chi connectivity index (χ0n) is 11.7. The van der Waals surface area contributed by atoms with E-state index in [1.54, 1.807) is 11.8 Å². The lowest BCUT2D eigenvalue weighted by molar-refractivity contribution is -0.132. The standard InChI is InChI=1S/C12H24N4O2S/c1-3-10(12(13)14-18)15-5-7-16(8-6-15)11(17)4-9-19-2/h10,18H,3-9H2,1-2H3,(H2,13,14). The summed E-state index contributed by atoms with van der Waals surface area (Å²) < 4.78 is 0. The van der Waals surface area contributed by atoms with E-state index in [1.807, 2.05) is 18.1 Å². The third-order valence-electron chi connectivity index (χ3n) is 3.47. The van der Waals surface area contributed by atoms with Gasteiger partial charge < -0.3 is 15.8 Å². The first-order chi connectivity index (χ1) is 9.13. The maximum atomic E-state index is 11.9. The molecule has 1 amide bonds. The Morgan fingerprint density at radius 2 is 2.05 bits per heavy atom. The first-order valence-corrected chi connectivity index (χ1v) is 8.01. The highest BCUT2D eigenvalue weighted by Crippen LogP contribution is 2.11. The summed E-state index contributed by atoms with van der Waals surface area (Å²) in [4.78, 5) is 16.0. The Hall–Kier alpha value is -0.950. The summed E-state index contributed by atoms with van der Waals surface area (Å²) in [5.41, 5.74) is 5.69. The molecule has 1 aliphatic rings. The number of hydrogen-bond acceptors (Lipinski definition) is 5. The number of carbonyl (C=O) groups excluding carboxylic acids is 1. The molecule has 1 unspecified atom stereocenters. The third-order valence-corrected chi connectivity index (χ3v) is 4.08. The molecule has 3 N–H and O–H groups in total. The van der Waals surface area contributed by atoms with Crippen LogP contribution >= 0.6 is 11.8 Å². The summed E-state index contributed by atoms with van der Waals surface area (Å²) in [5.74, 6) is 1.36. The van der Waals surface area contributed by atoms with Gasteiger partial charge in [0.2, 0.25) is 5.91 Å². The average molecular weight is 288 g/mol. The fourth-order valence-corrected chi connectivity index (χ4v) is 2.73. The van der Waals surface area contributed by atoms with E-state index in [1.165, 1.54) is 0 Å². The number of oxime groups is 1. The average Bonchev–Trinajstić information content (AvgIpc) is 2.46. The summed E-state index contributed by atoms with van der Waals surface area (Å²) in [7, 11) is 0. The summed E-state index contributed by atoms with van der Waals surface area (Å²) >= 11 is 1.69. The molecule has 0 aliphatic carbocycles. The summed E-state index contributed by atoms with van der Waals surface area (Å²) in [6.07, 6.45) is 3.42. The van der Waals surface area contributed by atoms with Crippen LogP contribution in [0.1, 0.15) is 19.8 Å². The molecule has 1 rings (SSSR count). The van der Waals surface area contributed by atoms with E-state index in [4.69, 9.17) is 10.9 Å². The molecule has 0 bridgehead atoms. The van der Waals surface area contributed by atoms with E-state index >= 15 is 0 Å². The van der Waals surface area contributed by atoms with Gasteiger partial charge in [-0.2, -0.15) is 11.8 Å². The zero-order valence-corrected chi connectivity index (χ0v) is 12.5. The number of amides is 1. The molecule has 0 aromatic rings. The van der Waals surface area contributed by atoms with E-state index in [-0.39, 0.29) is 17.8 Å². The monoisotopic (exact) mass is 288 g/mol. The zero-order chi connectivity index (χ0) is 14.3. The molecule has 19 heavy (non-hydrogen) atoms. The number of nitrogens with zero attached hydrogens (tertiary/aromatic N) is 3. The maximum Gasteiger partial charge on any atom is 0.223 e. The Morgan fingerprint density at radius 1 is 1.42 bits per heavy atom. The van der Waals surface area contributed by atoms with Crippen LogP contribution in [-0.4, -0.2) is 71.0 Å². The van der Waals surface area contributed by atoms with Crippen molar-refractivity contribution in [3.05, 3.63) is 0 Å². The van der Waals surface area contributed by atoms with Gasteiger partial charge in [0.15, 0.2) is 5.84 Å². The minimum absolute atomic E-state index is 0.0338. The van der Waals surface area contributed by atoms with Gasteiger partial charge in [0.05, 0.1) is 6.04 Å². The van der Waals surface area contributed by atoms with Gasteiger partial charge in [0.25, 0.3) is 0 Å². The first-order valence-electron chi connectivity index (χ1n) is 6.62. The van der Waals surface area contributed by atoms with Crippen molar-refractivity contribution in [2.75, 3.05) is 38.2 Å². The SMILES string of the molecule is CCC(C(N)=NO)N1CCN(C(=O)CCSC)CC1. The second-order valence-electron chi connectivity index (χ2n) is 4.61. The smallest absolute Gasteiger partial charge is 0.223 e. The maximum absolute atomic E-state index is 11.9. The fraction of sp³-hybridized carbons (Fsp3) is 0.833. The summed E-state index contributed by atoms with van der Waals surface area (Å²) in [6.45, 7) is 5.02. The highest BCUT2D eigenvalue weighted by atomic mass is 32.2. The van der Waals surface area contributed by atoms with Gasteiger partial charge in [0.1, 0.15) is 0 Å². The number of amidine groups is 1. The highest BCUT2D eigenvalue weighted by Gasteiger charge is 2.27. The van der Waals surface area contributed by atoms with Crippen molar-refractivity contribution in [3.8, 4) is 0 Å². The topological polar surface area (TPSA) is 82.2 Å². The van der Waals surface area contributed by atoms with Crippen molar-refractivity contribution in [3.63, 3.8) is 0 Å². The second-order valence-corrected chi connectivity index (χ2v) is 5.59. The molecule has 1 fully saturated rings. The van der Waals surface area contributed by atoms with E-state index in [0.29, 0.717) is 6.42 Å². The molecule has 0 radical (unpaired) electrons. The summed E-state index contributed by atoms with van der Waals surface area (Å²) in [6, 6.07) is -0.0338. The Kier molecular flexibility index (Phi) is 7.01. The van der Waals surface area contributed by atoms with Crippen molar-refractivity contribution in [1.29, 1.82) is 0 Å². The summed E-state index contributed by atoms with van der Waals surface area (Å²) in [5, 5.41) is 11.9. The molecular formula is C12H24N4O2S. The predicted octanol–water partition coefficient (Wildman–Crippen LogP) is 0.409. The van der Waals surface area contributed by atoms with Crippen LogP contribution in [0, 0.1) is 0 Å². The number of piperazine rings is 1. The van der Waals surface area contributed by atoms with E-state index < -0.39 is 0 Å². The van der Waals surface area contributed by atoms with E-state index in [9.17, 15) is 4.79 Å². The van der Waals surface area contributed by atoms with Gasteiger partial charge in [-0.15, -0.1) is 0 Å². The molecule has 6 nitrogen and oxygen atoms in total. The van der Waals surface area contributed by atoms with Gasteiger partial charge in [-0.05, 0) is 12.7 Å². The number of thioether (sulfide) groups is 1. The Balaban J connectivity index is 2.45. The van der Waals surface area contributed by atoms with Gasteiger partial charge in [-0.3, -0.25) is 9.69 Å². The molecule has 0 spiro atoms. The number of rotatable bonds is 6. The minimum Gasteiger partial charge on any atom is -0.409 e. The van der Waals surface area contributed by atoms with Gasteiger partial charge >= 0.3 is 0 Å². The molecule has 110 valence electrons. The van der Waals surface area contributed by atoms with Crippen LogP contribution in [0.25, 0.3) is 0 Å². The van der Waals surface area contributed by atoms with E-state index in [2.05, 4.69) is 10.1 Å². The first kappa shape index (κ1) is 16.1. The molecule has 1 heterocycles. The lowest BCUT2D eigenvalue weighted by atomic mass is 10.1. The van der Waals surface area contributed by atoms with Crippen LogP contribution < -0.4 is 5.73 Å². The molecular weight excluding hydrogens is 264 g/mol. The van der Waals surface area contributed by atoms with Gasteiger partial charge in [0, 0.05) is 38.4 Å². The molecule has 1 aliphatic heterocycles. The Morgan fingerprint density at radius 3 is 2.53 bits per heavy atom. The van der Waals surface area contributed by atoms with Crippen molar-refractivity contribution in [2.45, 2.75) is 25.8 Å². The number of hydrogen-bond donors (Lipinski definition) is 2. The van der Waals surface area contributed by atoms with Crippen LogP contribution in [0.5, 0.6) is 0 Å². The van der Waals surface area contributed by atoms with Crippen molar-refractivity contribution in [2.24, 2.45) is 10.9 Å². The fourth-order valence-electron chi connectivity index (χ4n) is 2.35. The molecule has 7 heteroatoms. The van der Waals surface area contributed by atoms with Gasteiger partial charge in [-0.1, -0.05) is 12.1 Å². The van der Waals surface area contributed by atoms with Crippen LogP contribution in [0.3, 0.4) is 0 Å². The van der Waals surface area contributed by atoms with E-state index in [0.717, 1.165) is 38.4 Å². The largest absolute Gasteiger partial charge is 0.409 e.